The fourth-order valence-corrected chi connectivity index (χ4v) is 1.58. The summed E-state index contributed by atoms with van der Waals surface area (Å²) in [5.74, 6) is 0.778. The van der Waals surface area contributed by atoms with E-state index in [1.807, 2.05) is 19.1 Å². The number of ether oxygens (including phenoxy) is 2. The monoisotopic (exact) mass is 282 g/mol. The third kappa shape index (κ3) is 6.84. The summed E-state index contributed by atoms with van der Waals surface area (Å²) in [6.07, 6.45) is 0. The predicted molar refractivity (Wildman–Crippen MR) is 79.0 cm³/mol. The number of hydrogen-bond acceptors (Lipinski definition) is 5. The normalized spacial score (nSPS) is 11.7. The predicted octanol–water partition coefficient (Wildman–Crippen LogP) is 1.67. The highest BCUT2D eigenvalue weighted by atomic mass is 16.5. The van der Waals surface area contributed by atoms with Crippen molar-refractivity contribution in [3.63, 3.8) is 0 Å². The SMILES string of the molecule is Cc1ccc(OCCOCCO)c(CNC(C)(C)C)n1. The van der Waals surface area contributed by atoms with Crippen LogP contribution >= 0.6 is 0 Å². The maximum absolute atomic E-state index is 8.62. The molecule has 0 atom stereocenters. The summed E-state index contributed by atoms with van der Waals surface area (Å²) in [5.41, 5.74) is 1.91. The van der Waals surface area contributed by atoms with Gasteiger partial charge in [-0.1, -0.05) is 0 Å². The van der Waals surface area contributed by atoms with E-state index in [9.17, 15) is 0 Å². The van der Waals surface area contributed by atoms with Crippen LogP contribution in [0.5, 0.6) is 5.75 Å². The van der Waals surface area contributed by atoms with Gasteiger partial charge in [-0.3, -0.25) is 4.98 Å². The molecule has 5 heteroatoms. The van der Waals surface area contributed by atoms with E-state index in [1.54, 1.807) is 0 Å². The Morgan fingerprint density at radius 2 is 1.95 bits per heavy atom. The van der Waals surface area contributed by atoms with E-state index in [0.717, 1.165) is 17.1 Å². The lowest BCUT2D eigenvalue weighted by Crippen LogP contribution is -2.35. The second-order valence-electron chi connectivity index (χ2n) is 5.69. The number of aliphatic hydroxyl groups excluding tert-OH is 1. The quantitative estimate of drug-likeness (QED) is 0.710. The maximum Gasteiger partial charge on any atom is 0.142 e. The summed E-state index contributed by atoms with van der Waals surface area (Å²) >= 11 is 0. The first-order valence-corrected chi connectivity index (χ1v) is 6.95. The summed E-state index contributed by atoms with van der Waals surface area (Å²) in [4.78, 5) is 4.52. The first kappa shape index (κ1) is 16.9. The van der Waals surface area contributed by atoms with Crippen molar-refractivity contribution in [2.24, 2.45) is 0 Å². The lowest BCUT2D eigenvalue weighted by Gasteiger charge is -2.21. The van der Waals surface area contributed by atoms with Crippen molar-refractivity contribution in [1.29, 1.82) is 0 Å². The molecule has 1 aromatic rings. The Balaban J connectivity index is 2.56. The van der Waals surface area contributed by atoms with Gasteiger partial charge in [-0.2, -0.15) is 0 Å². The zero-order chi connectivity index (χ0) is 15.0. The lowest BCUT2D eigenvalue weighted by molar-refractivity contribution is 0.0701. The number of hydrogen-bond donors (Lipinski definition) is 2. The molecule has 0 fully saturated rings. The van der Waals surface area contributed by atoms with Crippen LogP contribution in [-0.4, -0.2) is 42.1 Å². The van der Waals surface area contributed by atoms with Crippen LogP contribution in [-0.2, 0) is 11.3 Å². The fourth-order valence-electron chi connectivity index (χ4n) is 1.58. The number of aryl methyl sites for hydroxylation is 1. The Hall–Kier alpha value is -1.17. The summed E-state index contributed by atoms with van der Waals surface area (Å²) < 4.78 is 10.9. The Kier molecular flexibility index (Phi) is 6.91. The molecular weight excluding hydrogens is 256 g/mol. The van der Waals surface area contributed by atoms with Gasteiger partial charge in [-0.05, 0) is 39.8 Å². The van der Waals surface area contributed by atoms with Gasteiger partial charge in [0.1, 0.15) is 12.4 Å². The second kappa shape index (κ2) is 8.19. The number of nitrogens with one attached hydrogen (secondary N) is 1. The van der Waals surface area contributed by atoms with E-state index in [-0.39, 0.29) is 12.1 Å². The molecule has 0 aromatic carbocycles. The van der Waals surface area contributed by atoms with Crippen LogP contribution in [0.15, 0.2) is 12.1 Å². The van der Waals surface area contributed by atoms with Crippen LogP contribution in [0.25, 0.3) is 0 Å². The van der Waals surface area contributed by atoms with E-state index >= 15 is 0 Å². The van der Waals surface area contributed by atoms with Crippen LogP contribution in [0.4, 0.5) is 0 Å². The van der Waals surface area contributed by atoms with E-state index < -0.39 is 0 Å². The Bertz CT molecular complexity index is 403. The molecule has 0 saturated heterocycles. The van der Waals surface area contributed by atoms with Gasteiger partial charge in [0.05, 0.1) is 25.5 Å². The highest BCUT2D eigenvalue weighted by Gasteiger charge is 2.12. The van der Waals surface area contributed by atoms with Crippen molar-refractivity contribution in [3.05, 3.63) is 23.5 Å². The molecule has 0 bridgehead atoms. The summed E-state index contributed by atoms with van der Waals surface area (Å²) in [6.45, 7) is 10.3. The molecule has 1 aromatic heterocycles. The largest absolute Gasteiger partial charge is 0.489 e. The minimum absolute atomic E-state index is 0.0346. The molecule has 0 amide bonds. The van der Waals surface area contributed by atoms with Crippen LogP contribution < -0.4 is 10.1 Å². The van der Waals surface area contributed by atoms with Gasteiger partial charge in [-0.25, -0.2) is 0 Å². The van der Waals surface area contributed by atoms with Gasteiger partial charge in [0, 0.05) is 17.8 Å². The molecule has 2 N–H and O–H groups in total. The lowest BCUT2D eigenvalue weighted by atomic mass is 10.1. The third-order valence-corrected chi connectivity index (χ3v) is 2.58. The summed E-state index contributed by atoms with van der Waals surface area (Å²) in [7, 11) is 0. The molecule has 0 radical (unpaired) electrons. The number of aliphatic hydroxyl groups is 1. The van der Waals surface area contributed by atoms with E-state index in [2.05, 4.69) is 31.1 Å². The average molecular weight is 282 g/mol. The summed E-state index contributed by atoms with van der Waals surface area (Å²) in [6, 6.07) is 3.87. The number of pyridine rings is 1. The van der Waals surface area contributed by atoms with Gasteiger partial charge < -0.3 is 19.9 Å². The van der Waals surface area contributed by atoms with Crippen molar-refractivity contribution in [2.45, 2.75) is 39.8 Å². The molecule has 0 aliphatic rings. The minimum Gasteiger partial charge on any atom is -0.489 e. The molecule has 1 rings (SSSR count). The Morgan fingerprint density at radius 3 is 2.60 bits per heavy atom. The molecular formula is C15H26N2O3. The molecule has 0 aliphatic carbocycles. The van der Waals surface area contributed by atoms with Crippen molar-refractivity contribution >= 4 is 0 Å². The van der Waals surface area contributed by atoms with Crippen molar-refractivity contribution in [2.75, 3.05) is 26.4 Å². The molecule has 20 heavy (non-hydrogen) atoms. The number of aromatic nitrogens is 1. The fraction of sp³-hybridized carbons (Fsp3) is 0.667. The van der Waals surface area contributed by atoms with Crippen molar-refractivity contribution < 1.29 is 14.6 Å². The van der Waals surface area contributed by atoms with Gasteiger partial charge in [0.15, 0.2) is 0 Å². The number of rotatable bonds is 8. The molecule has 5 nitrogen and oxygen atoms in total. The van der Waals surface area contributed by atoms with Gasteiger partial charge in [0.2, 0.25) is 0 Å². The third-order valence-electron chi connectivity index (χ3n) is 2.58. The molecule has 0 unspecified atom stereocenters. The van der Waals surface area contributed by atoms with Crippen LogP contribution in [0.1, 0.15) is 32.2 Å². The van der Waals surface area contributed by atoms with Crippen molar-refractivity contribution in [3.8, 4) is 5.75 Å². The van der Waals surface area contributed by atoms with E-state index in [4.69, 9.17) is 14.6 Å². The highest BCUT2D eigenvalue weighted by molar-refractivity contribution is 5.29. The molecule has 0 spiro atoms. The number of nitrogens with zero attached hydrogens (tertiary/aromatic N) is 1. The second-order valence-corrected chi connectivity index (χ2v) is 5.69. The molecule has 114 valence electrons. The van der Waals surface area contributed by atoms with Gasteiger partial charge in [-0.15, -0.1) is 0 Å². The Morgan fingerprint density at radius 1 is 1.20 bits per heavy atom. The average Bonchev–Trinajstić information content (AvgIpc) is 2.37. The standard InChI is InChI=1S/C15H26N2O3/c1-12-5-6-14(20-10-9-19-8-7-18)13(17-12)11-16-15(2,3)4/h5-6,16,18H,7-11H2,1-4H3. The minimum atomic E-state index is 0.0346. The first-order chi connectivity index (χ1) is 9.42. The molecule has 0 aliphatic heterocycles. The zero-order valence-electron chi connectivity index (χ0n) is 12.9. The van der Waals surface area contributed by atoms with E-state index in [1.165, 1.54) is 0 Å². The van der Waals surface area contributed by atoms with Crippen LogP contribution in [0, 0.1) is 6.92 Å². The zero-order valence-corrected chi connectivity index (χ0v) is 12.9. The Labute approximate surface area is 121 Å². The van der Waals surface area contributed by atoms with Gasteiger partial charge >= 0.3 is 0 Å². The van der Waals surface area contributed by atoms with E-state index in [0.29, 0.717) is 26.4 Å². The van der Waals surface area contributed by atoms with Gasteiger partial charge in [0.25, 0.3) is 0 Å². The van der Waals surface area contributed by atoms with Crippen LogP contribution in [0.3, 0.4) is 0 Å². The molecule has 1 heterocycles. The summed E-state index contributed by atoms with van der Waals surface area (Å²) in [5, 5.41) is 12.0. The topological polar surface area (TPSA) is 63.6 Å². The molecule has 0 saturated carbocycles. The maximum atomic E-state index is 8.62. The highest BCUT2D eigenvalue weighted by Crippen LogP contribution is 2.17. The first-order valence-electron chi connectivity index (χ1n) is 6.95. The smallest absolute Gasteiger partial charge is 0.142 e. The van der Waals surface area contributed by atoms with Crippen LogP contribution in [0.2, 0.25) is 0 Å². The van der Waals surface area contributed by atoms with Crippen molar-refractivity contribution in [1.82, 2.24) is 10.3 Å².